The minimum Gasteiger partial charge on any atom is -0.489 e. The van der Waals surface area contributed by atoms with Crippen LogP contribution in [0.15, 0.2) is 66.7 Å². The van der Waals surface area contributed by atoms with Gasteiger partial charge in [0.25, 0.3) is 0 Å². The molecule has 3 nitrogen and oxygen atoms in total. The monoisotopic (exact) mass is 397 g/mol. The van der Waals surface area contributed by atoms with Crippen LogP contribution in [0.2, 0.25) is 0 Å². The molecular weight excluding hydrogens is 379 g/mol. The third-order valence-corrected chi connectivity index (χ3v) is 4.64. The first-order valence-electron chi connectivity index (χ1n) is 9.01. The van der Waals surface area contributed by atoms with Gasteiger partial charge in [0, 0.05) is 17.3 Å². The van der Waals surface area contributed by atoms with Gasteiger partial charge in [-0.3, -0.25) is 0 Å². The number of nitrogen functional groups attached to an aromatic ring is 1. The van der Waals surface area contributed by atoms with Gasteiger partial charge in [-0.25, -0.2) is 0 Å². The van der Waals surface area contributed by atoms with Gasteiger partial charge in [-0.05, 0) is 59.2 Å². The van der Waals surface area contributed by atoms with Crippen molar-refractivity contribution >= 4 is 17.3 Å². The molecule has 0 spiro atoms. The minimum absolute atomic E-state index is 0.0369. The highest BCUT2D eigenvalue weighted by atomic mass is 19.4. The van der Waals surface area contributed by atoms with Crippen molar-refractivity contribution in [2.24, 2.45) is 0 Å². The molecule has 0 aromatic heterocycles. The Hall–Kier alpha value is -3.41. The third kappa shape index (κ3) is 4.37. The highest BCUT2D eigenvalue weighted by molar-refractivity contribution is 5.86. The number of nitrogens with two attached hydrogens (primary N) is 1. The fourth-order valence-electron chi connectivity index (χ4n) is 3.10. The lowest BCUT2D eigenvalue weighted by Crippen LogP contribution is -2.07. The van der Waals surface area contributed by atoms with E-state index >= 15 is 0 Å². The molecule has 29 heavy (non-hydrogen) atoms. The summed E-state index contributed by atoms with van der Waals surface area (Å²) in [5.74, 6) is 1.20. The molecule has 148 valence electrons. The maximum atomic E-state index is 12.8. The minimum atomic E-state index is -4.37. The van der Waals surface area contributed by atoms with Gasteiger partial charge in [0.05, 0.1) is 5.56 Å². The van der Waals surface area contributed by atoms with E-state index < -0.39 is 11.7 Å². The van der Waals surface area contributed by atoms with Crippen molar-refractivity contribution in [1.29, 1.82) is 0 Å². The van der Waals surface area contributed by atoms with E-state index in [1.54, 1.807) is 18.2 Å². The molecule has 1 aliphatic heterocycles. The molecule has 0 saturated heterocycles. The Morgan fingerprint density at radius 2 is 1.76 bits per heavy atom. The van der Waals surface area contributed by atoms with Crippen molar-refractivity contribution in [1.82, 2.24) is 0 Å². The number of alkyl halides is 3. The first kappa shape index (κ1) is 18.9. The molecule has 1 heterocycles. The zero-order valence-corrected chi connectivity index (χ0v) is 15.4. The van der Waals surface area contributed by atoms with Crippen molar-refractivity contribution in [2.45, 2.75) is 12.8 Å². The molecule has 0 fully saturated rings. The van der Waals surface area contributed by atoms with E-state index in [0.29, 0.717) is 29.4 Å². The standard InChI is InChI=1S/C23H18F3NO2/c24-23(25,26)19-3-1-2-15(10-19)13-28-21-9-6-17-11-18(14-29-22(17)12-21)16-4-7-20(27)8-5-16/h1-12H,13-14,27H2. The van der Waals surface area contributed by atoms with Gasteiger partial charge < -0.3 is 15.2 Å². The Bertz CT molecular complexity index is 1060. The van der Waals surface area contributed by atoms with Crippen LogP contribution in [-0.4, -0.2) is 6.61 Å². The van der Waals surface area contributed by atoms with Gasteiger partial charge in [-0.1, -0.05) is 24.3 Å². The zero-order chi connectivity index (χ0) is 20.4. The lowest BCUT2D eigenvalue weighted by Gasteiger charge is -2.19. The first-order chi connectivity index (χ1) is 13.9. The van der Waals surface area contributed by atoms with E-state index in [1.165, 1.54) is 6.07 Å². The third-order valence-electron chi connectivity index (χ3n) is 4.64. The van der Waals surface area contributed by atoms with Gasteiger partial charge in [-0.2, -0.15) is 13.2 Å². The lowest BCUT2D eigenvalue weighted by atomic mass is 10.0. The predicted molar refractivity (Wildman–Crippen MR) is 106 cm³/mol. The molecule has 4 rings (SSSR count). The number of benzene rings is 3. The van der Waals surface area contributed by atoms with Crippen molar-refractivity contribution in [3.05, 3.63) is 89.0 Å². The fraction of sp³-hybridized carbons (Fsp3) is 0.130. The van der Waals surface area contributed by atoms with Crippen LogP contribution in [0.1, 0.15) is 22.3 Å². The Kier molecular flexibility index (Phi) is 4.92. The molecule has 0 saturated carbocycles. The summed E-state index contributed by atoms with van der Waals surface area (Å²) >= 11 is 0. The Morgan fingerprint density at radius 3 is 2.52 bits per heavy atom. The van der Waals surface area contributed by atoms with E-state index in [0.717, 1.165) is 28.8 Å². The van der Waals surface area contributed by atoms with Gasteiger partial charge >= 0.3 is 6.18 Å². The average Bonchev–Trinajstić information content (AvgIpc) is 2.72. The van der Waals surface area contributed by atoms with Crippen LogP contribution >= 0.6 is 0 Å². The highest BCUT2D eigenvalue weighted by Gasteiger charge is 2.30. The number of halogens is 3. The van der Waals surface area contributed by atoms with E-state index in [1.807, 2.05) is 36.4 Å². The number of hydrogen-bond acceptors (Lipinski definition) is 3. The van der Waals surface area contributed by atoms with Crippen molar-refractivity contribution < 1.29 is 22.6 Å². The first-order valence-corrected chi connectivity index (χ1v) is 9.01. The molecule has 0 bridgehead atoms. The molecule has 0 amide bonds. The summed E-state index contributed by atoms with van der Waals surface area (Å²) in [4.78, 5) is 0. The smallest absolute Gasteiger partial charge is 0.416 e. The normalized spacial score (nSPS) is 13.3. The topological polar surface area (TPSA) is 44.5 Å². The number of ether oxygens (including phenoxy) is 2. The van der Waals surface area contributed by atoms with Crippen LogP contribution in [0.5, 0.6) is 11.5 Å². The van der Waals surface area contributed by atoms with E-state index in [4.69, 9.17) is 15.2 Å². The summed E-state index contributed by atoms with van der Waals surface area (Å²) in [6.07, 6.45) is -2.33. The number of hydrogen-bond donors (Lipinski definition) is 1. The van der Waals surface area contributed by atoms with E-state index in [9.17, 15) is 13.2 Å². The van der Waals surface area contributed by atoms with Crippen LogP contribution in [-0.2, 0) is 12.8 Å². The summed E-state index contributed by atoms with van der Waals surface area (Å²) in [5, 5.41) is 0. The molecule has 1 aliphatic rings. The maximum Gasteiger partial charge on any atom is 0.416 e. The van der Waals surface area contributed by atoms with Crippen LogP contribution < -0.4 is 15.2 Å². The van der Waals surface area contributed by atoms with Crippen LogP contribution in [0, 0.1) is 0 Å². The Labute approximate surface area is 166 Å². The number of fused-ring (bicyclic) bond motifs is 1. The van der Waals surface area contributed by atoms with E-state index in [-0.39, 0.29) is 6.61 Å². The fourth-order valence-corrected chi connectivity index (χ4v) is 3.10. The number of anilines is 1. The second kappa shape index (κ2) is 7.54. The Morgan fingerprint density at radius 1 is 0.966 bits per heavy atom. The largest absolute Gasteiger partial charge is 0.489 e. The quantitative estimate of drug-likeness (QED) is 0.566. The lowest BCUT2D eigenvalue weighted by molar-refractivity contribution is -0.137. The summed E-state index contributed by atoms with van der Waals surface area (Å²) in [7, 11) is 0. The maximum absolute atomic E-state index is 12.8. The van der Waals surface area contributed by atoms with Crippen LogP contribution in [0.4, 0.5) is 18.9 Å². The SMILES string of the molecule is Nc1ccc(C2=Cc3ccc(OCc4cccc(C(F)(F)F)c4)cc3OC2)cc1. The molecule has 0 radical (unpaired) electrons. The molecule has 0 atom stereocenters. The van der Waals surface area contributed by atoms with Gasteiger partial charge in [0.1, 0.15) is 24.7 Å². The summed E-state index contributed by atoms with van der Waals surface area (Å²) in [6, 6.07) is 18.1. The van der Waals surface area contributed by atoms with Crippen molar-refractivity contribution in [3.8, 4) is 11.5 Å². The molecule has 6 heteroatoms. The Balaban J connectivity index is 1.48. The van der Waals surface area contributed by atoms with Crippen LogP contribution in [0.25, 0.3) is 11.6 Å². The van der Waals surface area contributed by atoms with Gasteiger partial charge in [0.15, 0.2) is 0 Å². The predicted octanol–water partition coefficient (Wildman–Crippen LogP) is 5.80. The van der Waals surface area contributed by atoms with Crippen molar-refractivity contribution in [2.75, 3.05) is 12.3 Å². The highest BCUT2D eigenvalue weighted by Crippen LogP contribution is 2.34. The molecular formula is C23H18F3NO2. The second-order valence-electron chi connectivity index (χ2n) is 6.77. The molecule has 3 aromatic rings. The summed E-state index contributed by atoms with van der Waals surface area (Å²) < 4.78 is 50.0. The molecule has 2 N–H and O–H groups in total. The van der Waals surface area contributed by atoms with Gasteiger partial charge in [0.2, 0.25) is 0 Å². The average molecular weight is 397 g/mol. The van der Waals surface area contributed by atoms with Gasteiger partial charge in [-0.15, -0.1) is 0 Å². The van der Waals surface area contributed by atoms with E-state index in [2.05, 4.69) is 0 Å². The summed E-state index contributed by atoms with van der Waals surface area (Å²) in [5.41, 5.74) is 9.18. The molecule has 0 unspecified atom stereocenters. The second-order valence-corrected chi connectivity index (χ2v) is 6.77. The molecule has 0 aliphatic carbocycles. The number of rotatable bonds is 4. The van der Waals surface area contributed by atoms with Crippen molar-refractivity contribution in [3.63, 3.8) is 0 Å². The van der Waals surface area contributed by atoms with Crippen LogP contribution in [0.3, 0.4) is 0 Å². The molecule has 3 aromatic carbocycles. The summed E-state index contributed by atoms with van der Waals surface area (Å²) in [6.45, 7) is 0.448. The zero-order valence-electron chi connectivity index (χ0n) is 15.4.